The van der Waals surface area contributed by atoms with Crippen LogP contribution in [-0.2, 0) is 0 Å². The van der Waals surface area contributed by atoms with E-state index in [4.69, 9.17) is 4.42 Å². The monoisotopic (exact) mass is 290 g/mol. The summed E-state index contributed by atoms with van der Waals surface area (Å²) in [7, 11) is 0. The average molecular weight is 290 g/mol. The first-order valence-corrected chi connectivity index (χ1v) is 7.44. The van der Waals surface area contributed by atoms with Crippen molar-refractivity contribution >= 4 is 22.8 Å². The molecule has 0 saturated carbocycles. The van der Waals surface area contributed by atoms with Crippen molar-refractivity contribution in [2.45, 2.75) is 19.8 Å². The van der Waals surface area contributed by atoms with Crippen molar-refractivity contribution in [3.8, 4) is 0 Å². The molecule has 0 N–H and O–H groups in total. The van der Waals surface area contributed by atoms with Gasteiger partial charge in [0.2, 0.25) is 5.78 Å². The Balaban J connectivity index is 1.78. The molecule has 1 heterocycles. The number of fused-ring (bicyclic) bond motifs is 1. The van der Waals surface area contributed by atoms with E-state index in [-0.39, 0.29) is 5.78 Å². The lowest BCUT2D eigenvalue weighted by atomic mass is 10.0. The van der Waals surface area contributed by atoms with Crippen molar-refractivity contribution in [1.29, 1.82) is 0 Å². The maximum atomic E-state index is 12.2. The number of carbonyl (C=O) groups excluding carboxylic acids is 1. The number of allylic oxidation sites excluding steroid dienone is 1. The van der Waals surface area contributed by atoms with Crippen LogP contribution in [-0.4, -0.2) is 5.78 Å². The number of para-hydroxylation sites is 1. The molecule has 1 aromatic heterocycles. The summed E-state index contributed by atoms with van der Waals surface area (Å²) in [6, 6.07) is 17.6. The third-order valence-corrected chi connectivity index (χ3v) is 3.70. The van der Waals surface area contributed by atoms with Gasteiger partial charge in [-0.15, -0.1) is 0 Å². The summed E-state index contributed by atoms with van der Waals surface area (Å²) < 4.78 is 5.57. The van der Waals surface area contributed by atoms with Gasteiger partial charge in [0.1, 0.15) is 5.58 Å². The van der Waals surface area contributed by atoms with Crippen molar-refractivity contribution in [1.82, 2.24) is 0 Å². The summed E-state index contributed by atoms with van der Waals surface area (Å²) in [5, 5.41) is 0.945. The normalized spacial score (nSPS) is 11.6. The van der Waals surface area contributed by atoms with Crippen molar-refractivity contribution in [2.75, 3.05) is 0 Å². The highest BCUT2D eigenvalue weighted by Gasteiger charge is 2.08. The number of rotatable bonds is 4. The fraction of sp³-hybridized carbons (Fsp3) is 0.150. The molecule has 0 aliphatic heterocycles. The zero-order valence-electron chi connectivity index (χ0n) is 12.7. The Hall–Kier alpha value is -2.61. The first-order valence-electron chi connectivity index (χ1n) is 7.44. The molecule has 2 heteroatoms. The lowest BCUT2D eigenvalue weighted by Crippen LogP contribution is -1.90. The van der Waals surface area contributed by atoms with Crippen molar-refractivity contribution in [2.24, 2.45) is 0 Å². The third kappa shape index (κ3) is 3.01. The molecule has 0 radical (unpaired) electrons. The van der Waals surface area contributed by atoms with E-state index in [1.165, 1.54) is 5.56 Å². The zero-order valence-corrected chi connectivity index (χ0v) is 12.7. The van der Waals surface area contributed by atoms with Gasteiger partial charge in [-0.25, -0.2) is 0 Å². The van der Waals surface area contributed by atoms with Crippen LogP contribution in [0, 0.1) is 0 Å². The summed E-state index contributed by atoms with van der Waals surface area (Å²) in [5.74, 6) is 0.760. The van der Waals surface area contributed by atoms with Gasteiger partial charge in [0.15, 0.2) is 5.76 Å². The van der Waals surface area contributed by atoms with E-state index in [9.17, 15) is 4.79 Å². The summed E-state index contributed by atoms with van der Waals surface area (Å²) >= 11 is 0. The Bertz CT molecular complexity index is 787. The minimum atomic E-state index is -0.121. The summed E-state index contributed by atoms with van der Waals surface area (Å²) in [5.41, 5.74) is 3.04. The third-order valence-electron chi connectivity index (χ3n) is 3.70. The number of benzene rings is 2. The Kier molecular flexibility index (Phi) is 3.92. The topological polar surface area (TPSA) is 30.2 Å². The molecular formula is C20H18O2. The standard InChI is InChI=1S/C20H18O2/c1-14(2)16-10-7-15(8-11-16)9-12-18(21)20-13-17-5-3-4-6-19(17)22-20/h3-14H,1-2H3. The van der Waals surface area contributed by atoms with Crippen LogP contribution in [0.1, 0.15) is 41.4 Å². The predicted octanol–water partition coefficient (Wildman–Crippen LogP) is 5.45. The van der Waals surface area contributed by atoms with E-state index in [0.717, 1.165) is 16.5 Å². The Morgan fingerprint density at radius 1 is 1.05 bits per heavy atom. The smallest absolute Gasteiger partial charge is 0.221 e. The number of hydrogen-bond donors (Lipinski definition) is 0. The van der Waals surface area contributed by atoms with Gasteiger partial charge in [-0.3, -0.25) is 4.79 Å². The second-order valence-electron chi connectivity index (χ2n) is 5.67. The average Bonchev–Trinajstić information content (AvgIpc) is 2.97. The second-order valence-corrected chi connectivity index (χ2v) is 5.67. The highest BCUT2D eigenvalue weighted by molar-refractivity contribution is 6.06. The molecule has 0 fully saturated rings. The van der Waals surface area contributed by atoms with Crippen LogP contribution in [0.15, 0.2) is 65.1 Å². The summed E-state index contributed by atoms with van der Waals surface area (Å²) in [4.78, 5) is 12.2. The van der Waals surface area contributed by atoms with Crippen LogP contribution in [0.3, 0.4) is 0 Å². The van der Waals surface area contributed by atoms with E-state index in [1.807, 2.05) is 42.5 Å². The van der Waals surface area contributed by atoms with Crippen molar-refractivity contribution in [3.63, 3.8) is 0 Å². The van der Waals surface area contributed by atoms with Crippen LogP contribution in [0.2, 0.25) is 0 Å². The van der Waals surface area contributed by atoms with Gasteiger partial charge in [0, 0.05) is 5.39 Å². The van der Waals surface area contributed by atoms with Gasteiger partial charge in [-0.05, 0) is 35.3 Å². The van der Waals surface area contributed by atoms with Gasteiger partial charge in [0.25, 0.3) is 0 Å². The molecule has 3 rings (SSSR count). The molecule has 0 amide bonds. The van der Waals surface area contributed by atoms with Crippen LogP contribution in [0.25, 0.3) is 17.0 Å². The lowest BCUT2D eigenvalue weighted by molar-refractivity contribution is 0.102. The highest BCUT2D eigenvalue weighted by Crippen LogP contribution is 2.20. The number of carbonyl (C=O) groups is 1. The van der Waals surface area contributed by atoms with Gasteiger partial charge in [-0.1, -0.05) is 62.4 Å². The molecule has 0 aliphatic carbocycles. The maximum Gasteiger partial charge on any atom is 0.221 e. The van der Waals surface area contributed by atoms with E-state index in [0.29, 0.717) is 11.7 Å². The van der Waals surface area contributed by atoms with Crippen molar-refractivity contribution in [3.05, 3.63) is 77.6 Å². The molecule has 0 spiro atoms. The molecule has 0 saturated heterocycles. The Labute approximate surface area is 130 Å². The van der Waals surface area contributed by atoms with E-state index < -0.39 is 0 Å². The Morgan fingerprint density at radius 2 is 1.77 bits per heavy atom. The second kappa shape index (κ2) is 6.02. The van der Waals surface area contributed by atoms with Crippen LogP contribution in [0.4, 0.5) is 0 Å². The molecule has 110 valence electrons. The first kappa shape index (κ1) is 14.3. The minimum absolute atomic E-state index is 0.121. The zero-order chi connectivity index (χ0) is 15.5. The van der Waals surface area contributed by atoms with Crippen LogP contribution in [0.5, 0.6) is 0 Å². The molecule has 2 nitrogen and oxygen atoms in total. The van der Waals surface area contributed by atoms with Crippen molar-refractivity contribution < 1.29 is 9.21 Å². The van der Waals surface area contributed by atoms with E-state index in [2.05, 4.69) is 26.0 Å². The molecule has 0 unspecified atom stereocenters. The van der Waals surface area contributed by atoms with Gasteiger partial charge in [-0.2, -0.15) is 0 Å². The quantitative estimate of drug-likeness (QED) is 0.472. The van der Waals surface area contributed by atoms with E-state index >= 15 is 0 Å². The Morgan fingerprint density at radius 3 is 2.45 bits per heavy atom. The molecule has 2 aromatic carbocycles. The van der Waals surface area contributed by atoms with Crippen LogP contribution < -0.4 is 0 Å². The lowest BCUT2D eigenvalue weighted by Gasteiger charge is -2.04. The summed E-state index contributed by atoms with van der Waals surface area (Å²) in [6.45, 7) is 4.33. The molecule has 0 atom stereocenters. The number of ketones is 1. The molecule has 0 bridgehead atoms. The largest absolute Gasteiger partial charge is 0.453 e. The van der Waals surface area contributed by atoms with Crippen LogP contribution >= 0.6 is 0 Å². The SMILES string of the molecule is CC(C)c1ccc(C=CC(=O)c2cc3ccccc3o2)cc1. The first-order chi connectivity index (χ1) is 10.6. The number of hydrogen-bond acceptors (Lipinski definition) is 2. The highest BCUT2D eigenvalue weighted by atomic mass is 16.3. The fourth-order valence-corrected chi connectivity index (χ4v) is 2.35. The summed E-state index contributed by atoms with van der Waals surface area (Å²) in [6.07, 6.45) is 3.38. The number of furan rings is 1. The van der Waals surface area contributed by atoms with Gasteiger partial charge >= 0.3 is 0 Å². The van der Waals surface area contributed by atoms with E-state index in [1.54, 1.807) is 12.1 Å². The molecular weight excluding hydrogens is 272 g/mol. The minimum Gasteiger partial charge on any atom is -0.453 e. The fourth-order valence-electron chi connectivity index (χ4n) is 2.35. The molecule has 3 aromatic rings. The molecule has 0 aliphatic rings. The maximum absolute atomic E-state index is 12.2. The van der Waals surface area contributed by atoms with Gasteiger partial charge in [0.05, 0.1) is 0 Å². The molecule has 22 heavy (non-hydrogen) atoms. The van der Waals surface area contributed by atoms with Gasteiger partial charge < -0.3 is 4.42 Å². The predicted molar refractivity (Wildman–Crippen MR) is 90.1 cm³/mol.